The Balaban J connectivity index is 0. The number of rotatable bonds is 1. The van der Waals surface area contributed by atoms with E-state index in [9.17, 15) is 0 Å². The van der Waals surface area contributed by atoms with Crippen molar-refractivity contribution in [2.45, 2.75) is 32.8 Å². The molecule has 55 valence electrons. The Morgan fingerprint density at radius 1 is 1.56 bits per heavy atom. The van der Waals surface area contributed by atoms with E-state index in [1.165, 1.54) is 0 Å². The Labute approximate surface area is 64.8 Å². The normalized spacial score (nSPS) is 9.00. The molecule has 0 aliphatic heterocycles. The summed E-state index contributed by atoms with van der Waals surface area (Å²) in [6.07, 6.45) is 0.826. The van der Waals surface area contributed by atoms with Crippen LogP contribution in [0.25, 0.3) is 0 Å². The summed E-state index contributed by atoms with van der Waals surface area (Å²) in [5.41, 5.74) is -0.458. The molecule has 0 saturated heterocycles. The van der Waals surface area contributed by atoms with Crippen LogP contribution in [0.2, 0.25) is 0 Å². The van der Waals surface area contributed by atoms with Crippen molar-refractivity contribution in [1.29, 1.82) is 0 Å². The molecule has 0 aromatic carbocycles. The van der Waals surface area contributed by atoms with Gasteiger partial charge in [0.05, 0.1) is 5.60 Å². The average molecular weight is 169 g/mol. The molecule has 0 amide bonds. The fourth-order valence-electron chi connectivity index (χ4n) is 0. The molecule has 0 unspecified atom stereocenters. The van der Waals surface area contributed by atoms with E-state index < -0.39 is 25.1 Å². The number of hydrogen-bond acceptors (Lipinski definition) is 2. The van der Waals surface area contributed by atoms with Crippen molar-refractivity contribution in [2.75, 3.05) is 0 Å². The Hall–Kier alpha value is 0.434. The van der Waals surface area contributed by atoms with Gasteiger partial charge in [0.25, 0.3) is 0 Å². The van der Waals surface area contributed by atoms with Crippen molar-refractivity contribution in [1.82, 2.24) is 0 Å². The van der Waals surface area contributed by atoms with Gasteiger partial charge in [-0.1, -0.05) is 6.92 Å². The third-order valence-corrected chi connectivity index (χ3v) is 0.865. The first-order chi connectivity index (χ1) is 3.97. The van der Waals surface area contributed by atoms with E-state index in [4.69, 9.17) is 12.1 Å². The zero-order valence-corrected chi connectivity index (χ0v) is 7.57. The van der Waals surface area contributed by atoms with Crippen molar-refractivity contribution in [3.05, 3.63) is 0 Å². The molecule has 0 aliphatic rings. The molecule has 0 fully saturated rings. The van der Waals surface area contributed by atoms with Crippen molar-refractivity contribution in [3.63, 3.8) is 0 Å². The molecule has 0 aromatic heterocycles. The maximum atomic E-state index is 8.83. The van der Waals surface area contributed by atoms with Crippen LogP contribution in [0, 0.1) is 0 Å². The second-order valence-corrected chi connectivity index (χ2v) is 2.54. The predicted molar refractivity (Wildman–Crippen MR) is 29.5 cm³/mol. The van der Waals surface area contributed by atoms with Gasteiger partial charge in [-0.2, -0.15) is 0 Å². The Bertz CT molecular complexity index is 67.1. The summed E-state index contributed by atoms with van der Waals surface area (Å²) in [6, 6.07) is 0. The first kappa shape index (κ1) is 12.1. The number of hydrogen-bond donors (Lipinski definition) is 2. The molecule has 9 heavy (non-hydrogen) atoms. The monoisotopic (exact) mass is 169 g/mol. The summed E-state index contributed by atoms with van der Waals surface area (Å²) >= 11 is -1.75. The fourth-order valence-corrected chi connectivity index (χ4v) is 0. The van der Waals surface area contributed by atoms with Crippen LogP contribution >= 0.6 is 0 Å². The molecular formula is C5H13O3Ti. The summed E-state index contributed by atoms with van der Waals surface area (Å²) in [5.74, 6) is 0. The number of aliphatic hydroxyl groups is 1. The predicted octanol–water partition coefficient (Wildman–Crippen LogP) is 0.489. The van der Waals surface area contributed by atoms with E-state index in [0.717, 1.165) is 6.42 Å². The van der Waals surface area contributed by atoms with Gasteiger partial charge in [-0.05, 0) is 20.3 Å². The van der Waals surface area contributed by atoms with Crippen molar-refractivity contribution >= 4 is 0 Å². The molecule has 0 spiro atoms. The van der Waals surface area contributed by atoms with Gasteiger partial charge in [0.15, 0.2) is 0 Å². The average Bonchev–Trinajstić information content (AvgIpc) is 1.67. The summed E-state index contributed by atoms with van der Waals surface area (Å²) in [7, 11) is 0. The quantitative estimate of drug-likeness (QED) is 0.561. The van der Waals surface area contributed by atoms with Crippen LogP contribution in [0.3, 0.4) is 0 Å². The molecule has 0 bridgehead atoms. The van der Waals surface area contributed by atoms with Gasteiger partial charge >= 0.3 is 26.5 Å². The van der Waals surface area contributed by atoms with Crippen molar-refractivity contribution in [3.8, 4) is 0 Å². The molecule has 0 heterocycles. The zero-order chi connectivity index (χ0) is 7.91. The van der Waals surface area contributed by atoms with Gasteiger partial charge < -0.3 is 5.11 Å². The first-order valence-electron chi connectivity index (χ1n) is 2.71. The third kappa shape index (κ3) is 29.6. The van der Waals surface area contributed by atoms with Crippen LogP contribution < -0.4 is 0 Å². The summed E-state index contributed by atoms with van der Waals surface area (Å²) in [6.45, 7) is 5.56. The molecule has 0 saturated carbocycles. The van der Waals surface area contributed by atoms with Crippen molar-refractivity contribution in [2.24, 2.45) is 0 Å². The van der Waals surface area contributed by atoms with Gasteiger partial charge in [0.2, 0.25) is 0 Å². The van der Waals surface area contributed by atoms with E-state index in [-0.39, 0.29) is 0 Å². The second-order valence-electron chi connectivity index (χ2n) is 2.26. The summed E-state index contributed by atoms with van der Waals surface area (Å²) < 4.78 is 15.8. The SMILES string of the molecule is CCC(C)(C)O.[O]=[Ti][OH]. The molecule has 0 atom stereocenters. The van der Waals surface area contributed by atoms with E-state index in [2.05, 4.69) is 0 Å². The van der Waals surface area contributed by atoms with Gasteiger partial charge in [0, 0.05) is 0 Å². The van der Waals surface area contributed by atoms with Crippen LogP contribution in [-0.2, 0) is 22.8 Å². The van der Waals surface area contributed by atoms with E-state index in [1.807, 2.05) is 6.92 Å². The van der Waals surface area contributed by atoms with E-state index >= 15 is 0 Å². The Morgan fingerprint density at radius 3 is 1.67 bits per heavy atom. The molecule has 2 N–H and O–H groups in total. The van der Waals surface area contributed by atoms with Gasteiger partial charge in [-0.25, -0.2) is 0 Å². The van der Waals surface area contributed by atoms with Gasteiger partial charge in [-0.3, -0.25) is 0 Å². The van der Waals surface area contributed by atoms with Crippen LogP contribution in [0.4, 0.5) is 0 Å². The molecule has 4 heteroatoms. The molecular weight excluding hydrogens is 156 g/mol. The topological polar surface area (TPSA) is 57.5 Å². The molecule has 3 nitrogen and oxygen atoms in total. The summed E-state index contributed by atoms with van der Waals surface area (Å²) in [4.78, 5) is 0. The molecule has 0 aromatic rings. The van der Waals surface area contributed by atoms with Crippen LogP contribution in [0.5, 0.6) is 0 Å². The van der Waals surface area contributed by atoms with Crippen LogP contribution in [0.15, 0.2) is 0 Å². The maximum absolute atomic E-state index is 8.83. The standard InChI is InChI=1S/C5H12O.H2O.O.Ti/c1-4-5(2,3)6;;;/h6H,4H2,1-3H3;1H2;;/q;;;+1/p-1. The Kier molecular flexibility index (Phi) is 8.84. The first-order valence-corrected chi connectivity index (χ1v) is 4.05. The summed E-state index contributed by atoms with van der Waals surface area (Å²) in [5, 5.41) is 8.83. The van der Waals surface area contributed by atoms with Crippen molar-refractivity contribution < 1.29 is 31.6 Å². The molecule has 0 aliphatic carbocycles. The minimum absolute atomic E-state index is 0.458. The van der Waals surface area contributed by atoms with E-state index in [0.29, 0.717) is 0 Å². The molecule has 0 rings (SSSR count). The van der Waals surface area contributed by atoms with Gasteiger partial charge in [-0.15, -0.1) is 0 Å². The third-order valence-electron chi connectivity index (χ3n) is 0.865. The minimum atomic E-state index is -1.75. The molecule has 0 radical (unpaired) electrons. The van der Waals surface area contributed by atoms with Crippen LogP contribution in [-0.4, -0.2) is 14.4 Å². The Morgan fingerprint density at radius 2 is 1.67 bits per heavy atom. The fraction of sp³-hybridized carbons (Fsp3) is 1.00. The zero-order valence-electron chi connectivity index (χ0n) is 6.01. The van der Waals surface area contributed by atoms with Gasteiger partial charge in [0.1, 0.15) is 0 Å². The van der Waals surface area contributed by atoms with Crippen LogP contribution in [0.1, 0.15) is 27.2 Å². The van der Waals surface area contributed by atoms with E-state index in [1.54, 1.807) is 13.8 Å². The second kappa shape index (κ2) is 6.55.